The summed E-state index contributed by atoms with van der Waals surface area (Å²) in [5, 5.41) is 0.616. The number of amidine groups is 1. The van der Waals surface area contributed by atoms with E-state index in [1.165, 1.54) is 11.8 Å². The number of allylic oxidation sites excluding steroid dienone is 1. The maximum atomic E-state index is 13.2. The first-order valence-electron chi connectivity index (χ1n) is 11.4. The highest BCUT2D eigenvalue weighted by Gasteiger charge is 2.42. The number of carbonyl (C=O) groups is 2. The second-order valence-corrected chi connectivity index (χ2v) is 10.2. The van der Waals surface area contributed by atoms with Gasteiger partial charge < -0.3 is 14.2 Å². The van der Waals surface area contributed by atoms with Crippen molar-refractivity contribution in [3.8, 4) is 11.5 Å². The topological polar surface area (TPSA) is 77.4 Å². The standard InChI is InChI=1S/C25H34N2O5S/c1-15(2)9-11-31-19-8-7-18(13-20(19)30-6)23-22(24(29)32-14-16(3)4)17(5)26-25-27(23)21(28)10-12-33-25/h7-8,13,15-16,23H,9-12,14H2,1-6H3. The zero-order valence-electron chi connectivity index (χ0n) is 20.3. The first-order chi connectivity index (χ1) is 15.7. The summed E-state index contributed by atoms with van der Waals surface area (Å²) in [4.78, 5) is 32.3. The summed E-state index contributed by atoms with van der Waals surface area (Å²) >= 11 is 1.52. The molecule has 33 heavy (non-hydrogen) atoms. The number of hydrogen-bond acceptors (Lipinski definition) is 7. The van der Waals surface area contributed by atoms with E-state index in [2.05, 4.69) is 18.8 Å². The van der Waals surface area contributed by atoms with E-state index in [0.717, 1.165) is 12.0 Å². The number of ether oxygens (including phenoxy) is 3. The van der Waals surface area contributed by atoms with Crippen LogP contribution in [0.1, 0.15) is 59.1 Å². The Hall–Kier alpha value is -2.48. The highest BCUT2D eigenvalue weighted by atomic mass is 32.2. The van der Waals surface area contributed by atoms with Gasteiger partial charge >= 0.3 is 5.97 Å². The summed E-state index contributed by atoms with van der Waals surface area (Å²) in [5.74, 6) is 2.09. The van der Waals surface area contributed by atoms with Gasteiger partial charge in [0.15, 0.2) is 16.7 Å². The highest BCUT2D eigenvalue weighted by molar-refractivity contribution is 8.14. The molecule has 8 heteroatoms. The van der Waals surface area contributed by atoms with Crippen molar-refractivity contribution in [2.45, 2.75) is 53.5 Å². The van der Waals surface area contributed by atoms with Gasteiger partial charge in [0.2, 0.25) is 5.91 Å². The van der Waals surface area contributed by atoms with Crippen molar-refractivity contribution in [1.29, 1.82) is 0 Å². The van der Waals surface area contributed by atoms with E-state index in [1.54, 1.807) is 18.9 Å². The van der Waals surface area contributed by atoms with E-state index in [4.69, 9.17) is 14.2 Å². The van der Waals surface area contributed by atoms with Crippen LogP contribution < -0.4 is 9.47 Å². The molecule has 0 aliphatic carbocycles. The Bertz CT molecular complexity index is 954. The first kappa shape index (κ1) is 25.1. The van der Waals surface area contributed by atoms with Gasteiger partial charge in [-0.15, -0.1) is 0 Å². The fraction of sp³-hybridized carbons (Fsp3) is 0.560. The molecule has 0 N–H and O–H groups in total. The Kier molecular flexibility index (Phi) is 8.46. The van der Waals surface area contributed by atoms with Crippen LogP contribution in [-0.4, -0.2) is 48.0 Å². The minimum Gasteiger partial charge on any atom is -0.493 e. The molecule has 0 spiro atoms. The van der Waals surface area contributed by atoms with Gasteiger partial charge in [-0.2, -0.15) is 0 Å². The Morgan fingerprint density at radius 3 is 2.64 bits per heavy atom. The fourth-order valence-electron chi connectivity index (χ4n) is 3.67. The van der Waals surface area contributed by atoms with Gasteiger partial charge in [0.1, 0.15) is 0 Å². The maximum Gasteiger partial charge on any atom is 0.338 e. The van der Waals surface area contributed by atoms with Crippen LogP contribution in [0.4, 0.5) is 0 Å². The summed E-state index contributed by atoms with van der Waals surface area (Å²) in [7, 11) is 1.59. The predicted octanol–water partition coefficient (Wildman–Crippen LogP) is 4.97. The molecule has 1 aromatic carbocycles. The van der Waals surface area contributed by atoms with Gasteiger partial charge in [-0.05, 0) is 42.9 Å². The van der Waals surface area contributed by atoms with Crippen molar-refractivity contribution in [2.75, 3.05) is 26.1 Å². The number of nitrogens with zero attached hydrogens (tertiary/aromatic N) is 2. The third-order valence-electron chi connectivity index (χ3n) is 5.43. The number of aliphatic imine (C=N–C) groups is 1. The molecule has 1 unspecified atom stereocenters. The third-order valence-corrected chi connectivity index (χ3v) is 6.38. The van der Waals surface area contributed by atoms with Crippen molar-refractivity contribution in [3.05, 3.63) is 35.0 Å². The van der Waals surface area contributed by atoms with Crippen molar-refractivity contribution in [3.63, 3.8) is 0 Å². The number of esters is 1. The highest BCUT2D eigenvalue weighted by Crippen LogP contribution is 2.42. The number of amides is 1. The number of benzene rings is 1. The number of carbonyl (C=O) groups excluding carboxylic acids is 2. The van der Waals surface area contributed by atoms with Crippen LogP contribution in [0.15, 0.2) is 34.5 Å². The molecule has 1 amide bonds. The van der Waals surface area contributed by atoms with Crippen molar-refractivity contribution in [1.82, 2.24) is 4.90 Å². The summed E-state index contributed by atoms with van der Waals surface area (Å²) in [5.41, 5.74) is 1.70. The molecular formula is C25H34N2O5S. The van der Waals surface area contributed by atoms with Crippen LogP contribution in [0.2, 0.25) is 0 Å². The van der Waals surface area contributed by atoms with E-state index in [0.29, 0.717) is 59.2 Å². The van der Waals surface area contributed by atoms with Crippen LogP contribution in [-0.2, 0) is 14.3 Å². The average Bonchev–Trinajstić information content (AvgIpc) is 2.76. The van der Waals surface area contributed by atoms with Crippen molar-refractivity contribution >= 4 is 28.8 Å². The smallest absolute Gasteiger partial charge is 0.338 e. The third kappa shape index (κ3) is 5.91. The summed E-state index contributed by atoms with van der Waals surface area (Å²) in [6.45, 7) is 10.9. The SMILES string of the molecule is COc1cc(C2C(C(=O)OCC(C)C)=C(C)N=C3SCCC(=O)N32)ccc1OCCC(C)C. The molecule has 7 nitrogen and oxygen atoms in total. The minimum atomic E-state index is -0.629. The Morgan fingerprint density at radius 1 is 1.21 bits per heavy atom. The number of methoxy groups -OCH3 is 1. The predicted molar refractivity (Wildman–Crippen MR) is 131 cm³/mol. The molecular weight excluding hydrogens is 440 g/mol. The van der Waals surface area contributed by atoms with Crippen LogP contribution in [0, 0.1) is 11.8 Å². The number of hydrogen-bond donors (Lipinski definition) is 0. The van der Waals surface area contributed by atoms with E-state index < -0.39 is 12.0 Å². The van der Waals surface area contributed by atoms with Crippen LogP contribution in [0.25, 0.3) is 0 Å². The lowest BCUT2D eigenvalue weighted by atomic mass is 9.93. The molecule has 1 saturated heterocycles. The fourth-order valence-corrected chi connectivity index (χ4v) is 4.68. The van der Waals surface area contributed by atoms with Crippen molar-refractivity contribution in [2.24, 2.45) is 16.8 Å². The molecule has 0 saturated carbocycles. The molecule has 1 aromatic rings. The van der Waals surface area contributed by atoms with Gasteiger partial charge in [0.25, 0.3) is 0 Å². The lowest BCUT2D eigenvalue weighted by molar-refractivity contribution is -0.141. The van der Waals surface area contributed by atoms with E-state index in [9.17, 15) is 9.59 Å². The Labute approximate surface area is 200 Å². The van der Waals surface area contributed by atoms with Gasteiger partial charge in [-0.1, -0.05) is 45.5 Å². The summed E-state index contributed by atoms with van der Waals surface area (Å²) in [6, 6.07) is 4.94. The maximum absolute atomic E-state index is 13.2. The molecule has 2 heterocycles. The zero-order valence-corrected chi connectivity index (χ0v) is 21.2. The molecule has 0 aromatic heterocycles. The van der Waals surface area contributed by atoms with Gasteiger partial charge in [-0.3, -0.25) is 9.69 Å². The van der Waals surface area contributed by atoms with E-state index in [-0.39, 0.29) is 11.8 Å². The van der Waals surface area contributed by atoms with Crippen LogP contribution in [0.3, 0.4) is 0 Å². The largest absolute Gasteiger partial charge is 0.493 e. The second kappa shape index (κ2) is 11.1. The Balaban J connectivity index is 2.01. The van der Waals surface area contributed by atoms with Crippen molar-refractivity contribution < 1.29 is 23.8 Å². The molecule has 2 aliphatic rings. The summed E-state index contributed by atoms with van der Waals surface area (Å²) in [6.07, 6.45) is 1.32. The Morgan fingerprint density at radius 2 is 1.97 bits per heavy atom. The van der Waals surface area contributed by atoms with Crippen LogP contribution >= 0.6 is 11.8 Å². The molecule has 180 valence electrons. The molecule has 1 atom stereocenters. The van der Waals surface area contributed by atoms with E-state index >= 15 is 0 Å². The average molecular weight is 475 g/mol. The molecule has 3 rings (SSSR count). The minimum absolute atomic E-state index is 0.0598. The quantitative estimate of drug-likeness (QED) is 0.470. The number of thioether (sulfide) groups is 1. The lowest BCUT2D eigenvalue weighted by Gasteiger charge is -2.39. The van der Waals surface area contributed by atoms with E-state index in [1.807, 2.05) is 32.0 Å². The van der Waals surface area contributed by atoms with Gasteiger partial charge in [0.05, 0.1) is 37.6 Å². The second-order valence-electron chi connectivity index (χ2n) is 9.09. The van der Waals surface area contributed by atoms with Gasteiger partial charge in [0, 0.05) is 12.2 Å². The first-order valence-corrected chi connectivity index (χ1v) is 12.4. The lowest BCUT2D eigenvalue weighted by Crippen LogP contribution is -2.45. The normalized spacial score (nSPS) is 18.4. The molecule has 0 radical (unpaired) electrons. The molecule has 2 aliphatic heterocycles. The van der Waals surface area contributed by atoms with Gasteiger partial charge in [-0.25, -0.2) is 9.79 Å². The van der Waals surface area contributed by atoms with Crippen LogP contribution in [0.5, 0.6) is 11.5 Å². The number of rotatable bonds is 9. The monoisotopic (exact) mass is 474 g/mol. The zero-order chi connectivity index (χ0) is 24.1. The summed E-state index contributed by atoms with van der Waals surface area (Å²) < 4.78 is 17.1. The molecule has 0 bridgehead atoms. The molecule has 1 fully saturated rings. The number of fused-ring (bicyclic) bond motifs is 1.